The van der Waals surface area contributed by atoms with Crippen LogP contribution in [0.25, 0.3) is 43.1 Å². The van der Waals surface area contributed by atoms with E-state index in [1.807, 2.05) is 72.8 Å². The standard InChI is InChI=1S/2C52H47N2.2C6H6/c1-4-51(35-38-19-8-5-9-20-38)45-31-41-25-14-16-27-43(41)33-47(45)53(2)49(51)29-18-30-50-52(36-39-21-10-6-11-22-39,37-40-23-12-7-13-24-40)46-32-42-26-15-17-28-44(42)34-48(46)54(50)3;1-4-51(35-38-19-8-5-9-20-38)45-33-31-41-25-14-16-27-43(41)49(45)53(2)47(51)29-18-30-48-52(36-39-21-10-6-11-22-39,37-40-23-12-7-13-24-40)46-34-32-42-26-15-17-28-44(42)50(46)54(48)3;2*1-2-4-6-5-3-1/h2*5-34H,4,35-37H2,1-3H3;2*1-6H/q2*+1;;. The third-order valence-corrected chi connectivity index (χ3v) is 26.0. The van der Waals surface area contributed by atoms with Crippen LogP contribution in [0.2, 0.25) is 0 Å². The van der Waals surface area contributed by atoms with Gasteiger partial charge in [0.25, 0.3) is 0 Å². The molecule has 20 rings (SSSR count). The van der Waals surface area contributed by atoms with Crippen LogP contribution in [-0.2, 0) is 60.2 Å². The van der Waals surface area contributed by atoms with Crippen molar-refractivity contribution in [3.05, 3.63) is 504 Å². The summed E-state index contributed by atoms with van der Waals surface area (Å²) in [5.74, 6) is 0. The summed E-state index contributed by atoms with van der Waals surface area (Å²) in [6, 6.07) is 145. The number of anilines is 2. The zero-order valence-corrected chi connectivity index (χ0v) is 70.0. The van der Waals surface area contributed by atoms with Crippen LogP contribution >= 0.6 is 0 Å². The molecule has 120 heavy (non-hydrogen) atoms. The second-order valence-electron chi connectivity index (χ2n) is 32.9. The Morgan fingerprint density at radius 1 is 0.267 bits per heavy atom. The summed E-state index contributed by atoms with van der Waals surface area (Å²) in [7, 11) is 9.10. The highest BCUT2D eigenvalue weighted by Crippen LogP contribution is 2.56. The quantitative estimate of drug-likeness (QED) is 0.0794. The molecule has 588 valence electrons. The molecule has 0 aliphatic carbocycles. The number of benzene rings is 16. The van der Waals surface area contributed by atoms with Gasteiger partial charge in [-0.1, -0.05) is 396 Å². The van der Waals surface area contributed by atoms with E-state index in [9.17, 15) is 0 Å². The van der Waals surface area contributed by atoms with Crippen molar-refractivity contribution in [3.8, 4) is 0 Å². The van der Waals surface area contributed by atoms with Gasteiger partial charge in [-0.25, -0.2) is 0 Å². The van der Waals surface area contributed by atoms with E-state index in [1.54, 1.807) is 0 Å². The number of fused-ring (bicyclic) bond motifs is 10. The van der Waals surface area contributed by atoms with Gasteiger partial charge >= 0.3 is 0 Å². The maximum absolute atomic E-state index is 2.50. The molecule has 16 aromatic carbocycles. The van der Waals surface area contributed by atoms with Crippen molar-refractivity contribution in [2.75, 3.05) is 38.0 Å². The minimum atomic E-state index is -0.279. The number of rotatable bonds is 18. The average Bonchev–Trinajstić information content (AvgIpc) is 1.56. The third-order valence-electron chi connectivity index (χ3n) is 26.0. The second-order valence-corrected chi connectivity index (χ2v) is 32.9. The lowest BCUT2D eigenvalue weighted by atomic mass is 9.68. The molecule has 16 aromatic rings. The molecule has 0 radical (unpaired) electrons. The first kappa shape index (κ1) is 79.0. The maximum atomic E-state index is 2.50. The second kappa shape index (κ2) is 35.3. The molecule has 0 N–H and O–H groups in total. The fraction of sp³-hybridized carbons (Fsp3) is 0.155. The lowest BCUT2D eigenvalue weighted by Gasteiger charge is -2.32. The zero-order chi connectivity index (χ0) is 81.9. The molecule has 4 aliphatic heterocycles. The molecule has 0 amide bonds. The van der Waals surface area contributed by atoms with Gasteiger partial charge in [0.1, 0.15) is 14.1 Å². The van der Waals surface area contributed by atoms with E-state index in [4.69, 9.17) is 0 Å². The molecule has 2 unspecified atom stereocenters. The van der Waals surface area contributed by atoms with Crippen molar-refractivity contribution in [3.63, 3.8) is 0 Å². The van der Waals surface area contributed by atoms with Gasteiger partial charge in [-0.2, -0.15) is 9.15 Å². The fourth-order valence-corrected chi connectivity index (χ4v) is 20.3. The lowest BCUT2D eigenvalue weighted by molar-refractivity contribution is -0.401. The van der Waals surface area contributed by atoms with E-state index in [-0.39, 0.29) is 21.7 Å². The molecule has 0 bridgehead atoms. The first-order chi connectivity index (χ1) is 59.0. The van der Waals surface area contributed by atoms with Crippen LogP contribution < -0.4 is 9.80 Å². The topological polar surface area (TPSA) is 12.5 Å². The Labute approximate surface area is 710 Å². The van der Waals surface area contributed by atoms with Crippen molar-refractivity contribution in [2.45, 2.75) is 86.9 Å². The smallest absolute Gasteiger partial charge is 0.217 e. The molecule has 4 aliphatic rings. The Morgan fingerprint density at radius 3 is 0.983 bits per heavy atom. The van der Waals surface area contributed by atoms with Crippen molar-refractivity contribution < 1.29 is 9.15 Å². The van der Waals surface area contributed by atoms with E-state index in [2.05, 4.69) is 425 Å². The number of likely N-dealkylation sites (N-methyl/N-ethyl adjacent to an activating group) is 2. The highest BCUT2D eigenvalue weighted by molar-refractivity contribution is 6.09. The minimum absolute atomic E-state index is 0.169. The summed E-state index contributed by atoms with van der Waals surface area (Å²) >= 11 is 0. The minimum Gasteiger partial charge on any atom is -0.347 e. The Balaban J connectivity index is 0.000000150. The molecule has 4 nitrogen and oxygen atoms in total. The lowest BCUT2D eigenvalue weighted by Crippen LogP contribution is -2.39. The zero-order valence-electron chi connectivity index (χ0n) is 70.0. The van der Waals surface area contributed by atoms with Crippen LogP contribution in [0.15, 0.2) is 448 Å². The summed E-state index contributed by atoms with van der Waals surface area (Å²) in [5, 5.41) is 10.3. The number of hydrogen-bond acceptors (Lipinski definition) is 2. The fourth-order valence-electron chi connectivity index (χ4n) is 20.3. The number of nitrogens with zero attached hydrogens (tertiary/aromatic N) is 4. The van der Waals surface area contributed by atoms with Crippen LogP contribution in [0, 0.1) is 0 Å². The Hall–Kier alpha value is -13.5. The summed E-state index contributed by atoms with van der Waals surface area (Å²) in [5.41, 5.74) is 23.4. The van der Waals surface area contributed by atoms with Crippen molar-refractivity contribution in [1.29, 1.82) is 0 Å². The van der Waals surface area contributed by atoms with Gasteiger partial charge in [-0.3, -0.25) is 0 Å². The predicted octanol–water partition coefficient (Wildman–Crippen LogP) is 27.2. The largest absolute Gasteiger partial charge is 0.347 e. The number of hydrogen-bond donors (Lipinski definition) is 0. The molecule has 0 aromatic heterocycles. The molecule has 0 fully saturated rings. The van der Waals surface area contributed by atoms with E-state index in [1.165, 1.54) is 144 Å². The summed E-state index contributed by atoms with van der Waals surface area (Å²) in [6.45, 7) is 4.73. The highest BCUT2D eigenvalue weighted by atomic mass is 15.2. The summed E-state index contributed by atoms with van der Waals surface area (Å²) in [6.07, 6.45) is 21.9. The monoisotopic (exact) mass is 1550 g/mol. The van der Waals surface area contributed by atoms with Crippen molar-refractivity contribution in [1.82, 2.24) is 0 Å². The first-order valence-corrected chi connectivity index (χ1v) is 42.8. The summed E-state index contributed by atoms with van der Waals surface area (Å²) < 4.78 is 4.97. The van der Waals surface area contributed by atoms with Gasteiger partial charge in [0.2, 0.25) is 11.4 Å². The Morgan fingerprint density at radius 2 is 0.567 bits per heavy atom. The molecule has 2 atom stereocenters. The van der Waals surface area contributed by atoms with E-state index in [0.717, 1.165) is 51.4 Å². The summed E-state index contributed by atoms with van der Waals surface area (Å²) in [4.78, 5) is 4.95. The molecule has 0 spiro atoms. The van der Waals surface area contributed by atoms with E-state index < -0.39 is 0 Å². The van der Waals surface area contributed by atoms with Gasteiger partial charge in [0.15, 0.2) is 11.4 Å². The van der Waals surface area contributed by atoms with Crippen LogP contribution in [0.5, 0.6) is 0 Å². The third kappa shape index (κ3) is 15.5. The van der Waals surface area contributed by atoms with Gasteiger partial charge in [-0.15, -0.1) is 0 Å². The average molecular weight is 1560 g/mol. The Kier molecular flexibility index (Phi) is 23.2. The molecule has 4 heteroatoms. The van der Waals surface area contributed by atoms with Crippen LogP contribution in [0.3, 0.4) is 0 Å². The predicted molar refractivity (Wildman–Crippen MR) is 510 cm³/mol. The van der Waals surface area contributed by atoms with Gasteiger partial charge in [0, 0.05) is 76.7 Å². The van der Waals surface area contributed by atoms with E-state index in [0.29, 0.717) is 0 Å². The Bertz CT molecular complexity index is 6300. The van der Waals surface area contributed by atoms with Gasteiger partial charge < -0.3 is 9.80 Å². The van der Waals surface area contributed by atoms with Crippen LogP contribution in [-0.4, -0.2) is 48.8 Å². The van der Waals surface area contributed by atoms with E-state index >= 15 is 0 Å². The number of allylic oxidation sites excluding steroid dienone is 8. The molecular weight excluding hydrogens is 1450 g/mol. The first-order valence-electron chi connectivity index (χ1n) is 42.8. The molecular formula is C116H106N4+2. The van der Waals surface area contributed by atoms with Crippen LogP contribution in [0.4, 0.5) is 22.7 Å². The van der Waals surface area contributed by atoms with Crippen LogP contribution in [0.1, 0.15) is 82.3 Å². The normalized spacial score (nSPS) is 17.2. The molecule has 4 heterocycles. The van der Waals surface area contributed by atoms with Gasteiger partial charge in [0.05, 0.1) is 21.9 Å². The molecule has 0 saturated heterocycles. The SMILES string of the molecule is CCC1(Cc2ccccc2)/C(=C\C=C\C2=[N+](C)c3c(ccc4ccccc34)C2(Cc2ccccc2)Cc2ccccc2)N(C)c2c1ccc1ccccc21.CCC1(Cc2ccccc2)/C(=C\C=C\C2=[N+](C)c3cc4ccccc4cc3C2(Cc2ccccc2)Cc2ccccc2)N(C)c2cc3ccccc3cc21.c1ccccc1.c1ccccc1. The molecule has 0 saturated carbocycles. The maximum Gasteiger partial charge on any atom is 0.217 e. The van der Waals surface area contributed by atoms with Crippen molar-refractivity contribution >= 4 is 77.3 Å². The highest BCUT2D eigenvalue weighted by Gasteiger charge is 2.53. The van der Waals surface area contributed by atoms with Crippen molar-refractivity contribution in [2.24, 2.45) is 0 Å². The van der Waals surface area contributed by atoms with Gasteiger partial charge in [-0.05, 0) is 165 Å².